The first-order chi connectivity index (χ1) is 10.0. The molecule has 1 aromatic heterocycles. The molecule has 3 atom stereocenters. The Balaban J connectivity index is 1.47. The Morgan fingerprint density at radius 3 is 2.81 bits per heavy atom. The Hall–Kier alpha value is -1.78. The lowest BCUT2D eigenvalue weighted by molar-refractivity contribution is -0.141. The van der Waals surface area contributed by atoms with Gasteiger partial charge in [-0.3, -0.25) is 9.59 Å². The molecule has 2 aliphatic rings. The summed E-state index contributed by atoms with van der Waals surface area (Å²) < 4.78 is 5.79. The number of aliphatic carboxylic acids is 1. The molecule has 5 nitrogen and oxygen atoms in total. The summed E-state index contributed by atoms with van der Waals surface area (Å²) in [6.45, 7) is 3.11. The number of carboxylic acid groups (broad SMARTS) is 1. The van der Waals surface area contributed by atoms with E-state index in [4.69, 9.17) is 9.52 Å². The maximum Gasteiger partial charge on any atom is 0.308 e. The van der Waals surface area contributed by atoms with E-state index in [1.807, 2.05) is 12.1 Å². The molecule has 114 valence electrons. The normalized spacial score (nSPS) is 27.9. The second-order valence-corrected chi connectivity index (χ2v) is 6.29. The summed E-state index contributed by atoms with van der Waals surface area (Å²) in [6, 6.07) is 3.97. The van der Waals surface area contributed by atoms with Gasteiger partial charge in [0.15, 0.2) is 0 Å². The van der Waals surface area contributed by atoms with Crippen LogP contribution in [-0.2, 0) is 16.0 Å². The zero-order valence-electron chi connectivity index (χ0n) is 12.2. The summed E-state index contributed by atoms with van der Waals surface area (Å²) in [6.07, 6.45) is 2.73. The summed E-state index contributed by atoms with van der Waals surface area (Å²) in [7, 11) is 0. The number of rotatable bonds is 5. The van der Waals surface area contributed by atoms with Crippen molar-refractivity contribution in [2.45, 2.75) is 38.5 Å². The smallest absolute Gasteiger partial charge is 0.308 e. The number of aryl methyl sites for hydroxylation is 1. The van der Waals surface area contributed by atoms with Gasteiger partial charge in [0.25, 0.3) is 0 Å². The van der Waals surface area contributed by atoms with Crippen molar-refractivity contribution < 1.29 is 19.1 Å². The van der Waals surface area contributed by atoms with Crippen LogP contribution < -0.4 is 0 Å². The van der Waals surface area contributed by atoms with E-state index in [1.165, 1.54) is 6.42 Å². The van der Waals surface area contributed by atoms with Gasteiger partial charge in [0.2, 0.25) is 5.91 Å². The van der Waals surface area contributed by atoms with Crippen LogP contribution in [0.2, 0.25) is 0 Å². The van der Waals surface area contributed by atoms with Crippen molar-refractivity contribution >= 4 is 11.9 Å². The number of carbonyl (C=O) groups is 2. The van der Waals surface area contributed by atoms with Gasteiger partial charge in [-0.05, 0) is 30.9 Å². The van der Waals surface area contributed by atoms with E-state index >= 15 is 0 Å². The summed E-state index contributed by atoms with van der Waals surface area (Å²) in [5.74, 6) is 1.98. The first-order valence-electron chi connectivity index (χ1n) is 7.63. The van der Waals surface area contributed by atoms with Crippen LogP contribution in [0.25, 0.3) is 0 Å². The van der Waals surface area contributed by atoms with Gasteiger partial charge in [0, 0.05) is 31.8 Å². The van der Waals surface area contributed by atoms with E-state index in [0.29, 0.717) is 44.2 Å². The van der Waals surface area contributed by atoms with E-state index < -0.39 is 11.9 Å². The monoisotopic (exact) mass is 291 g/mol. The third kappa shape index (κ3) is 3.12. The summed E-state index contributed by atoms with van der Waals surface area (Å²) in [4.78, 5) is 24.6. The number of likely N-dealkylation sites (tertiary alicyclic amines) is 1. The molecule has 3 unspecified atom stereocenters. The molecule has 1 N–H and O–H groups in total. The van der Waals surface area contributed by atoms with Crippen molar-refractivity contribution in [1.82, 2.24) is 4.90 Å². The fourth-order valence-corrected chi connectivity index (χ4v) is 3.02. The summed E-state index contributed by atoms with van der Waals surface area (Å²) in [5, 5.41) is 8.95. The van der Waals surface area contributed by atoms with Gasteiger partial charge in [-0.25, -0.2) is 0 Å². The highest BCUT2D eigenvalue weighted by Crippen LogP contribution is 2.47. The molecule has 0 spiro atoms. The van der Waals surface area contributed by atoms with Gasteiger partial charge >= 0.3 is 5.97 Å². The fraction of sp³-hybridized carbons (Fsp3) is 0.625. The minimum atomic E-state index is -0.806. The second kappa shape index (κ2) is 5.54. The lowest BCUT2D eigenvalue weighted by atomic mass is 10.1. The molecule has 0 aromatic carbocycles. The molecule has 1 saturated heterocycles. The maximum absolute atomic E-state index is 12.1. The second-order valence-electron chi connectivity index (χ2n) is 6.29. The van der Waals surface area contributed by atoms with Crippen molar-refractivity contribution in [2.24, 2.45) is 11.8 Å². The standard InChI is InChI=1S/C16H21NO4/c1-10-8-13(10)14-4-2-12(21-14)3-5-15(18)17-7-6-11(9-17)16(19)20/h2,4,10-11,13H,3,5-9H2,1H3,(H,19,20). The Kier molecular flexibility index (Phi) is 3.74. The molecule has 2 heterocycles. The van der Waals surface area contributed by atoms with Gasteiger partial charge in [0.1, 0.15) is 11.5 Å². The topological polar surface area (TPSA) is 70.8 Å². The molecule has 3 rings (SSSR count). The van der Waals surface area contributed by atoms with Crippen LogP contribution in [-0.4, -0.2) is 35.0 Å². The molecule has 1 aliphatic heterocycles. The van der Waals surface area contributed by atoms with Crippen molar-refractivity contribution in [3.8, 4) is 0 Å². The molecule has 1 aliphatic carbocycles. The van der Waals surface area contributed by atoms with Gasteiger partial charge in [0.05, 0.1) is 5.92 Å². The van der Waals surface area contributed by atoms with Crippen LogP contribution in [0, 0.1) is 11.8 Å². The van der Waals surface area contributed by atoms with Crippen molar-refractivity contribution in [2.75, 3.05) is 13.1 Å². The fourth-order valence-electron chi connectivity index (χ4n) is 3.02. The number of furan rings is 1. The van der Waals surface area contributed by atoms with Crippen LogP contribution in [0.5, 0.6) is 0 Å². The molecule has 0 bridgehead atoms. The quantitative estimate of drug-likeness (QED) is 0.903. The molecule has 1 saturated carbocycles. The third-order valence-corrected chi connectivity index (χ3v) is 4.63. The van der Waals surface area contributed by atoms with Crippen LogP contribution in [0.1, 0.15) is 43.6 Å². The van der Waals surface area contributed by atoms with E-state index in [1.54, 1.807) is 4.90 Å². The lowest BCUT2D eigenvalue weighted by Crippen LogP contribution is -2.30. The molecule has 21 heavy (non-hydrogen) atoms. The van der Waals surface area contributed by atoms with Gasteiger partial charge in [-0.1, -0.05) is 6.92 Å². The zero-order valence-corrected chi connectivity index (χ0v) is 12.2. The molecule has 5 heteroatoms. The predicted octanol–water partition coefficient (Wildman–Crippen LogP) is 2.27. The van der Waals surface area contributed by atoms with E-state index in [2.05, 4.69) is 6.92 Å². The molecule has 1 amide bonds. The van der Waals surface area contributed by atoms with E-state index in [-0.39, 0.29) is 5.91 Å². The highest BCUT2D eigenvalue weighted by molar-refractivity contribution is 5.78. The first-order valence-corrected chi connectivity index (χ1v) is 7.63. The molecule has 2 fully saturated rings. The first kappa shape index (κ1) is 14.2. The third-order valence-electron chi connectivity index (χ3n) is 4.63. The number of carbonyl (C=O) groups excluding carboxylic acids is 1. The SMILES string of the molecule is CC1CC1c1ccc(CCC(=O)N2CCC(C(=O)O)C2)o1. The minimum absolute atomic E-state index is 0.0245. The van der Waals surface area contributed by atoms with Crippen LogP contribution in [0.4, 0.5) is 0 Å². The summed E-state index contributed by atoms with van der Waals surface area (Å²) in [5.41, 5.74) is 0. The Morgan fingerprint density at radius 1 is 1.43 bits per heavy atom. The molecule has 0 radical (unpaired) electrons. The van der Waals surface area contributed by atoms with Crippen molar-refractivity contribution in [3.63, 3.8) is 0 Å². The van der Waals surface area contributed by atoms with E-state index in [9.17, 15) is 9.59 Å². The maximum atomic E-state index is 12.1. The Morgan fingerprint density at radius 2 is 2.19 bits per heavy atom. The van der Waals surface area contributed by atoms with Crippen LogP contribution in [0.3, 0.4) is 0 Å². The van der Waals surface area contributed by atoms with Crippen molar-refractivity contribution in [1.29, 1.82) is 0 Å². The van der Waals surface area contributed by atoms with E-state index in [0.717, 1.165) is 11.5 Å². The Labute approximate surface area is 123 Å². The van der Waals surface area contributed by atoms with Gasteiger partial charge in [-0.2, -0.15) is 0 Å². The number of nitrogens with zero attached hydrogens (tertiary/aromatic N) is 1. The van der Waals surface area contributed by atoms with Gasteiger partial charge < -0.3 is 14.4 Å². The average molecular weight is 291 g/mol. The number of hydrogen-bond acceptors (Lipinski definition) is 3. The highest BCUT2D eigenvalue weighted by atomic mass is 16.4. The molecule has 1 aromatic rings. The van der Waals surface area contributed by atoms with Crippen molar-refractivity contribution in [3.05, 3.63) is 23.7 Å². The number of carboxylic acids is 1. The minimum Gasteiger partial charge on any atom is -0.481 e. The average Bonchev–Trinajstić information content (AvgIpc) is 2.90. The zero-order chi connectivity index (χ0) is 15.0. The highest BCUT2D eigenvalue weighted by Gasteiger charge is 2.36. The number of hydrogen-bond donors (Lipinski definition) is 1. The Bertz CT molecular complexity index is 550. The molecular formula is C16H21NO4. The largest absolute Gasteiger partial charge is 0.481 e. The van der Waals surface area contributed by atoms with Crippen LogP contribution >= 0.6 is 0 Å². The lowest BCUT2D eigenvalue weighted by Gasteiger charge is -2.15. The molecular weight excluding hydrogens is 270 g/mol. The number of amides is 1. The predicted molar refractivity (Wildman–Crippen MR) is 75.9 cm³/mol. The summed E-state index contributed by atoms with van der Waals surface area (Å²) >= 11 is 0. The van der Waals surface area contributed by atoms with Gasteiger partial charge in [-0.15, -0.1) is 0 Å². The van der Waals surface area contributed by atoms with Crippen LogP contribution in [0.15, 0.2) is 16.5 Å².